The summed E-state index contributed by atoms with van der Waals surface area (Å²) in [5.41, 5.74) is -0.138. The first-order chi connectivity index (χ1) is 12.5. The Morgan fingerprint density at radius 2 is 1.88 bits per heavy atom. The van der Waals surface area contributed by atoms with Gasteiger partial charge in [0.25, 0.3) is 0 Å². The highest BCUT2D eigenvalue weighted by atomic mass is 19.1. The Labute approximate surface area is 154 Å². The molecule has 3 nitrogen and oxygen atoms in total. The van der Waals surface area contributed by atoms with Crippen LogP contribution in [0.25, 0.3) is 0 Å². The van der Waals surface area contributed by atoms with Crippen molar-refractivity contribution in [3.63, 3.8) is 0 Å². The number of rotatable bonds is 4. The summed E-state index contributed by atoms with van der Waals surface area (Å²) in [5.74, 6) is -0.887. The van der Waals surface area contributed by atoms with Crippen LogP contribution in [0.2, 0.25) is 0 Å². The number of amides is 1. The molecule has 0 bridgehead atoms. The van der Waals surface area contributed by atoms with Crippen LogP contribution in [-0.4, -0.2) is 35.6 Å². The summed E-state index contributed by atoms with van der Waals surface area (Å²) in [7, 11) is 0. The summed E-state index contributed by atoms with van der Waals surface area (Å²) in [5, 5.41) is 10.1. The number of aliphatic hydroxyl groups excluding tert-OH is 1. The molecule has 0 aromatic heterocycles. The molecule has 2 fully saturated rings. The van der Waals surface area contributed by atoms with E-state index in [4.69, 9.17) is 0 Å². The van der Waals surface area contributed by atoms with Gasteiger partial charge in [-0.3, -0.25) is 4.79 Å². The van der Waals surface area contributed by atoms with Crippen LogP contribution in [0.3, 0.4) is 0 Å². The molecular formula is C21H29F2NO2. The molecule has 0 radical (unpaired) electrons. The summed E-state index contributed by atoms with van der Waals surface area (Å²) in [4.78, 5) is 14.9. The maximum atomic E-state index is 14.1. The van der Waals surface area contributed by atoms with E-state index >= 15 is 0 Å². The molecule has 26 heavy (non-hydrogen) atoms. The first kappa shape index (κ1) is 19.3. The molecule has 1 saturated heterocycles. The molecule has 5 heteroatoms. The maximum Gasteiger partial charge on any atom is 0.225 e. The topological polar surface area (TPSA) is 40.5 Å². The molecule has 1 saturated carbocycles. The predicted molar refractivity (Wildman–Crippen MR) is 96.6 cm³/mol. The highest BCUT2D eigenvalue weighted by Gasteiger charge is 2.39. The molecule has 1 heterocycles. The van der Waals surface area contributed by atoms with Gasteiger partial charge in [-0.05, 0) is 43.7 Å². The second-order valence-electron chi connectivity index (χ2n) is 8.12. The van der Waals surface area contributed by atoms with E-state index in [1.807, 2.05) is 4.90 Å². The summed E-state index contributed by atoms with van der Waals surface area (Å²) in [6.07, 6.45) is 8.40. The monoisotopic (exact) mass is 365 g/mol. The average molecular weight is 365 g/mol. The second-order valence-corrected chi connectivity index (χ2v) is 8.12. The normalized spacial score (nSPS) is 25.1. The highest BCUT2D eigenvalue weighted by Crippen LogP contribution is 2.36. The van der Waals surface area contributed by atoms with E-state index in [2.05, 4.69) is 0 Å². The summed E-state index contributed by atoms with van der Waals surface area (Å²) >= 11 is 0. The Bertz CT molecular complexity index is 628. The van der Waals surface area contributed by atoms with Gasteiger partial charge in [-0.15, -0.1) is 0 Å². The smallest absolute Gasteiger partial charge is 0.225 e. The van der Waals surface area contributed by atoms with Gasteiger partial charge < -0.3 is 10.0 Å². The van der Waals surface area contributed by atoms with Crippen molar-refractivity contribution < 1.29 is 18.7 Å². The van der Waals surface area contributed by atoms with Gasteiger partial charge in [-0.1, -0.05) is 31.7 Å². The van der Waals surface area contributed by atoms with Gasteiger partial charge in [0.1, 0.15) is 11.6 Å². The quantitative estimate of drug-likeness (QED) is 0.817. The molecule has 1 N–H and O–H groups in total. The summed E-state index contributed by atoms with van der Waals surface area (Å²) in [6, 6.07) is 3.59. The summed E-state index contributed by atoms with van der Waals surface area (Å²) in [6.45, 7) is 1.07. The van der Waals surface area contributed by atoms with Crippen LogP contribution in [0.15, 0.2) is 18.2 Å². The molecule has 2 aliphatic rings. The van der Waals surface area contributed by atoms with Crippen molar-refractivity contribution in [3.8, 4) is 0 Å². The fourth-order valence-corrected chi connectivity index (χ4v) is 4.58. The minimum atomic E-state index is -0.599. The number of carbonyl (C=O) groups excluding carboxylic acids is 1. The first-order valence-corrected chi connectivity index (χ1v) is 9.87. The van der Waals surface area contributed by atoms with Crippen LogP contribution in [0.1, 0.15) is 56.9 Å². The Kier molecular flexibility index (Phi) is 6.28. The molecule has 144 valence electrons. The number of carbonyl (C=O) groups is 1. The Morgan fingerprint density at radius 3 is 2.54 bits per heavy atom. The van der Waals surface area contributed by atoms with E-state index in [1.54, 1.807) is 0 Å². The van der Waals surface area contributed by atoms with Crippen LogP contribution in [0.5, 0.6) is 0 Å². The number of hydrogen-bond acceptors (Lipinski definition) is 2. The third kappa shape index (κ3) is 4.43. The molecule has 0 spiro atoms. The zero-order chi connectivity index (χ0) is 18.6. The van der Waals surface area contributed by atoms with Gasteiger partial charge in [0, 0.05) is 30.5 Å². The Balaban J connectivity index is 1.72. The summed E-state index contributed by atoms with van der Waals surface area (Å²) < 4.78 is 27.3. The van der Waals surface area contributed by atoms with E-state index in [0.29, 0.717) is 25.1 Å². The van der Waals surface area contributed by atoms with Gasteiger partial charge in [0.05, 0.1) is 6.61 Å². The van der Waals surface area contributed by atoms with Crippen LogP contribution >= 0.6 is 0 Å². The molecule has 1 aliphatic heterocycles. The van der Waals surface area contributed by atoms with Crippen molar-refractivity contribution in [2.75, 3.05) is 19.7 Å². The van der Waals surface area contributed by atoms with E-state index < -0.39 is 17.0 Å². The minimum Gasteiger partial charge on any atom is -0.396 e. The van der Waals surface area contributed by atoms with Crippen LogP contribution < -0.4 is 0 Å². The zero-order valence-corrected chi connectivity index (χ0v) is 15.4. The number of halogens is 2. The number of piperidine rings is 1. The molecule has 1 amide bonds. The van der Waals surface area contributed by atoms with E-state index in [0.717, 1.165) is 44.6 Å². The van der Waals surface area contributed by atoms with Crippen molar-refractivity contribution in [1.29, 1.82) is 0 Å². The molecule has 1 aliphatic carbocycles. The number of likely N-dealkylation sites (tertiary alicyclic amines) is 1. The van der Waals surface area contributed by atoms with E-state index in [9.17, 15) is 18.7 Å². The molecule has 3 rings (SSSR count). The van der Waals surface area contributed by atoms with Crippen LogP contribution in [0, 0.1) is 23.0 Å². The van der Waals surface area contributed by atoms with Gasteiger partial charge in [0.15, 0.2) is 0 Å². The average Bonchev–Trinajstić information content (AvgIpc) is 2.93. The zero-order valence-electron chi connectivity index (χ0n) is 15.4. The third-order valence-corrected chi connectivity index (χ3v) is 6.09. The Morgan fingerprint density at radius 1 is 1.15 bits per heavy atom. The highest BCUT2D eigenvalue weighted by molar-refractivity contribution is 5.79. The fraction of sp³-hybridized carbons (Fsp3) is 0.667. The minimum absolute atomic E-state index is 0.0922. The predicted octanol–water partition coefficient (Wildman–Crippen LogP) is 4.08. The largest absolute Gasteiger partial charge is 0.396 e. The molecule has 1 atom stereocenters. The van der Waals surface area contributed by atoms with Gasteiger partial charge in [0.2, 0.25) is 5.91 Å². The number of benzene rings is 1. The van der Waals surface area contributed by atoms with Crippen LogP contribution in [-0.2, 0) is 11.2 Å². The number of nitrogens with zero attached hydrogens (tertiary/aromatic N) is 1. The maximum absolute atomic E-state index is 14.1. The van der Waals surface area contributed by atoms with Gasteiger partial charge >= 0.3 is 0 Å². The standard InChI is InChI=1S/C21H29F2NO2/c22-18-9-8-17(19(23)12-18)13-21(15-25)10-5-11-24(14-21)20(26)16-6-3-1-2-4-7-16/h8-9,12,16,25H,1-7,10-11,13-15H2. The van der Waals surface area contributed by atoms with Crippen molar-refractivity contribution in [1.82, 2.24) is 4.90 Å². The first-order valence-electron chi connectivity index (χ1n) is 9.87. The third-order valence-electron chi connectivity index (χ3n) is 6.09. The Hall–Kier alpha value is -1.49. The van der Waals surface area contributed by atoms with Gasteiger partial charge in [-0.2, -0.15) is 0 Å². The van der Waals surface area contributed by atoms with Gasteiger partial charge in [-0.25, -0.2) is 8.78 Å². The lowest BCUT2D eigenvalue weighted by molar-refractivity contribution is -0.140. The van der Waals surface area contributed by atoms with Crippen molar-refractivity contribution in [2.24, 2.45) is 11.3 Å². The number of aliphatic hydroxyl groups is 1. The lowest BCUT2D eigenvalue weighted by Crippen LogP contribution is -2.50. The van der Waals surface area contributed by atoms with E-state index in [-0.39, 0.29) is 18.4 Å². The molecule has 1 unspecified atom stereocenters. The molecule has 1 aromatic carbocycles. The van der Waals surface area contributed by atoms with Crippen molar-refractivity contribution in [2.45, 2.75) is 57.8 Å². The fourth-order valence-electron chi connectivity index (χ4n) is 4.58. The lowest BCUT2D eigenvalue weighted by atomic mass is 9.75. The van der Waals surface area contributed by atoms with E-state index in [1.165, 1.54) is 25.0 Å². The van der Waals surface area contributed by atoms with Crippen molar-refractivity contribution in [3.05, 3.63) is 35.4 Å². The lowest BCUT2D eigenvalue weighted by Gasteiger charge is -2.43. The molecule has 1 aromatic rings. The van der Waals surface area contributed by atoms with Crippen molar-refractivity contribution >= 4 is 5.91 Å². The SMILES string of the molecule is O=C(C1CCCCCC1)N1CCCC(CO)(Cc2ccc(F)cc2F)C1. The molecular weight excluding hydrogens is 336 g/mol. The second kappa shape index (κ2) is 8.47. The van der Waals surface area contributed by atoms with Crippen LogP contribution in [0.4, 0.5) is 8.78 Å². The number of hydrogen-bond donors (Lipinski definition) is 1.